The van der Waals surface area contributed by atoms with Gasteiger partial charge >= 0.3 is 0 Å². The molecule has 0 aliphatic heterocycles. The summed E-state index contributed by atoms with van der Waals surface area (Å²) in [4.78, 5) is 6.90. The molecule has 1 aromatic rings. The number of imidazole rings is 1. The van der Waals surface area contributed by atoms with Gasteiger partial charge in [0, 0.05) is 23.9 Å². The van der Waals surface area contributed by atoms with Crippen molar-refractivity contribution in [3.63, 3.8) is 0 Å². The maximum atomic E-state index is 5.78. The molecule has 0 radical (unpaired) electrons. The number of aromatic nitrogens is 2. The van der Waals surface area contributed by atoms with Gasteiger partial charge in [-0.15, -0.1) is 0 Å². The van der Waals surface area contributed by atoms with E-state index in [-0.39, 0.29) is 5.54 Å². The van der Waals surface area contributed by atoms with Crippen LogP contribution >= 0.6 is 0 Å². The first-order valence-corrected chi connectivity index (χ1v) is 3.34. The Morgan fingerprint density at radius 3 is 2.80 bits per heavy atom. The van der Waals surface area contributed by atoms with Crippen molar-refractivity contribution >= 4 is 0 Å². The van der Waals surface area contributed by atoms with Gasteiger partial charge in [0.05, 0.1) is 6.33 Å². The quantitative estimate of drug-likeness (QED) is 0.633. The van der Waals surface area contributed by atoms with E-state index in [1.165, 1.54) is 0 Å². The average molecular weight is 139 g/mol. The molecule has 0 spiro atoms. The molecule has 0 atom stereocenters. The van der Waals surface area contributed by atoms with Crippen molar-refractivity contribution in [2.75, 3.05) is 0 Å². The van der Waals surface area contributed by atoms with Gasteiger partial charge in [-0.25, -0.2) is 4.98 Å². The lowest BCUT2D eigenvalue weighted by molar-refractivity contribution is 0.511. The van der Waals surface area contributed by atoms with Gasteiger partial charge in [-0.2, -0.15) is 0 Å². The van der Waals surface area contributed by atoms with E-state index in [4.69, 9.17) is 5.73 Å². The Labute approximate surface area is 60.7 Å². The number of hydrogen-bond acceptors (Lipinski definition) is 2. The van der Waals surface area contributed by atoms with Crippen LogP contribution in [0.25, 0.3) is 0 Å². The Balaban J connectivity index is 2.57. The highest BCUT2D eigenvalue weighted by molar-refractivity contribution is 4.99. The largest absolute Gasteiger partial charge is 0.348 e. The molecule has 0 aliphatic carbocycles. The number of rotatable bonds is 2. The van der Waals surface area contributed by atoms with Crippen LogP contribution in [0.15, 0.2) is 12.5 Å². The van der Waals surface area contributed by atoms with E-state index >= 15 is 0 Å². The van der Waals surface area contributed by atoms with Crippen molar-refractivity contribution in [2.24, 2.45) is 5.73 Å². The number of nitrogens with zero attached hydrogens (tertiary/aromatic N) is 1. The second-order valence-corrected chi connectivity index (χ2v) is 3.24. The van der Waals surface area contributed by atoms with Crippen LogP contribution in [-0.4, -0.2) is 15.5 Å². The first-order chi connectivity index (χ1) is 4.58. The Bertz CT molecular complexity index is 183. The molecule has 1 heterocycles. The van der Waals surface area contributed by atoms with E-state index in [0.717, 1.165) is 12.1 Å². The van der Waals surface area contributed by atoms with Crippen LogP contribution in [0.4, 0.5) is 0 Å². The number of hydrogen-bond donors (Lipinski definition) is 2. The fourth-order valence-corrected chi connectivity index (χ4v) is 0.872. The number of nitrogens with two attached hydrogens (primary N) is 1. The lowest BCUT2D eigenvalue weighted by Gasteiger charge is -2.16. The Morgan fingerprint density at radius 1 is 1.70 bits per heavy atom. The topological polar surface area (TPSA) is 54.7 Å². The van der Waals surface area contributed by atoms with Gasteiger partial charge in [-0.1, -0.05) is 0 Å². The van der Waals surface area contributed by atoms with Crippen LogP contribution in [-0.2, 0) is 6.42 Å². The molecule has 10 heavy (non-hydrogen) atoms. The minimum Gasteiger partial charge on any atom is -0.348 e. The van der Waals surface area contributed by atoms with E-state index in [1.807, 2.05) is 13.8 Å². The molecule has 1 rings (SSSR count). The van der Waals surface area contributed by atoms with Crippen LogP contribution < -0.4 is 5.73 Å². The second-order valence-electron chi connectivity index (χ2n) is 3.24. The normalized spacial score (nSPS) is 11.9. The standard InChI is InChI=1S/C7H13N3/c1-7(2,8)3-6-4-9-5-10-6/h4-5H,3,8H2,1-2H3,(H,9,10). The highest BCUT2D eigenvalue weighted by Crippen LogP contribution is 2.05. The lowest BCUT2D eigenvalue weighted by Crippen LogP contribution is -2.34. The van der Waals surface area contributed by atoms with Gasteiger partial charge in [0.2, 0.25) is 0 Å². The van der Waals surface area contributed by atoms with Crippen LogP contribution in [0, 0.1) is 0 Å². The number of nitrogens with one attached hydrogen (secondary N) is 1. The predicted molar refractivity (Wildman–Crippen MR) is 40.6 cm³/mol. The molecule has 0 aromatic carbocycles. The molecular formula is C7H13N3. The van der Waals surface area contributed by atoms with Crippen LogP contribution in [0.5, 0.6) is 0 Å². The fourth-order valence-electron chi connectivity index (χ4n) is 0.872. The summed E-state index contributed by atoms with van der Waals surface area (Å²) in [6.45, 7) is 3.99. The maximum absolute atomic E-state index is 5.78. The average Bonchev–Trinajstić information content (AvgIpc) is 2.12. The Morgan fingerprint density at radius 2 is 2.40 bits per heavy atom. The second kappa shape index (κ2) is 2.42. The molecular weight excluding hydrogens is 126 g/mol. The highest BCUT2D eigenvalue weighted by Gasteiger charge is 2.11. The van der Waals surface area contributed by atoms with Crippen molar-refractivity contribution in [2.45, 2.75) is 25.8 Å². The van der Waals surface area contributed by atoms with Crippen molar-refractivity contribution in [1.29, 1.82) is 0 Å². The molecule has 0 saturated carbocycles. The van der Waals surface area contributed by atoms with Gasteiger partial charge in [0.25, 0.3) is 0 Å². The Kier molecular flexibility index (Phi) is 1.76. The molecule has 56 valence electrons. The Hall–Kier alpha value is -0.830. The predicted octanol–water partition coefficient (Wildman–Crippen LogP) is 0.690. The third kappa shape index (κ3) is 2.19. The fraction of sp³-hybridized carbons (Fsp3) is 0.571. The highest BCUT2D eigenvalue weighted by atomic mass is 14.9. The van der Waals surface area contributed by atoms with E-state index in [2.05, 4.69) is 9.97 Å². The molecule has 3 N–H and O–H groups in total. The first-order valence-electron chi connectivity index (χ1n) is 3.34. The minimum atomic E-state index is -0.146. The minimum absolute atomic E-state index is 0.146. The van der Waals surface area contributed by atoms with Gasteiger partial charge in [0.1, 0.15) is 0 Å². The van der Waals surface area contributed by atoms with Crippen molar-refractivity contribution in [1.82, 2.24) is 9.97 Å². The molecule has 0 amide bonds. The summed E-state index contributed by atoms with van der Waals surface area (Å²) in [7, 11) is 0. The third-order valence-electron chi connectivity index (χ3n) is 1.20. The van der Waals surface area contributed by atoms with E-state index < -0.39 is 0 Å². The molecule has 0 aliphatic rings. The van der Waals surface area contributed by atoms with Crippen molar-refractivity contribution < 1.29 is 0 Å². The molecule has 1 aromatic heterocycles. The summed E-state index contributed by atoms with van der Waals surface area (Å²) < 4.78 is 0. The summed E-state index contributed by atoms with van der Waals surface area (Å²) in [6, 6.07) is 0. The number of H-pyrrole nitrogens is 1. The van der Waals surface area contributed by atoms with E-state index in [9.17, 15) is 0 Å². The summed E-state index contributed by atoms with van der Waals surface area (Å²) in [5.74, 6) is 0. The van der Waals surface area contributed by atoms with Crippen molar-refractivity contribution in [3.05, 3.63) is 18.2 Å². The zero-order valence-corrected chi connectivity index (χ0v) is 6.39. The van der Waals surface area contributed by atoms with Gasteiger partial charge in [0.15, 0.2) is 0 Å². The van der Waals surface area contributed by atoms with E-state index in [0.29, 0.717) is 0 Å². The summed E-state index contributed by atoms with van der Waals surface area (Å²) in [5, 5.41) is 0. The first kappa shape index (κ1) is 7.28. The number of aromatic amines is 1. The lowest BCUT2D eigenvalue weighted by atomic mass is 10.0. The molecule has 0 bridgehead atoms. The SMILES string of the molecule is CC(C)(N)Cc1cnc[nH]1. The maximum Gasteiger partial charge on any atom is 0.0921 e. The van der Waals surface area contributed by atoms with E-state index in [1.54, 1.807) is 12.5 Å². The van der Waals surface area contributed by atoms with Crippen LogP contribution in [0.3, 0.4) is 0 Å². The summed E-state index contributed by atoms with van der Waals surface area (Å²) in [6.07, 6.45) is 4.31. The van der Waals surface area contributed by atoms with Gasteiger partial charge < -0.3 is 10.7 Å². The summed E-state index contributed by atoms with van der Waals surface area (Å²) in [5.41, 5.74) is 6.72. The molecule has 3 nitrogen and oxygen atoms in total. The zero-order chi connectivity index (χ0) is 7.61. The summed E-state index contributed by atoms with van der Waals surface area (Å²) >= 11 is 0. The van der Waals surface area contributed by atoms with Crippen LogP contribution in [0.1, 0.15) is 19.5 Å². The molecule has 0 saturated heterocycles. The molecule has 3 heteroatoms. The van der Waals surface area contributed by atoms with Crippen LogP contribution in [0.2, 0.25) is 0 Å². The van der Waals surface area contributed by atoms with Gasteiger partial charge in [-0.05, 0) is 13.8 Å². The molecule has 0 unspecified atom stereocenters. The zero-order valence-electron chi connectivity index (χ0n) is 6.39. The molecule has 0 fully saturated rings. The third-order valence-corrected chi connectivity index (χ3v) is 1.20. The smallest absolute Gasteiger partial charge is 0.0921 e. The monoisotopic (exact) mass is 139 g/mol. The van der Waals surface area contributed by atoms with Gasteiger partial charge in [-0.3, -0.25) is 0 Å². The van der Waals surface area contributed by atoms with Crippen molar-refractivity contribution in [3.8, 4) is 0 Å².